The summed E-state index contributed by atoms with van der Waals surface area (Å²) in [5.41, 5.74) is 0. The molecule has 1 aliphatic rings. The predicted molar refractivity (Wildman–Crippen MR) is 261 cm³/mol. The van der Waals surface area contributed by atoms with Crippen molar-refractivity contribution in [2.24, 2.45) is 11.8 Å². The zero-order valence-electron chi connectivity index (χ0n) is 42.0. The number of allylic oxidation sites excluding steroid dienone is 2. The number of rotatable bonds is 44. The zero-order chi connectivity index (χ0) is 48.0. The smallest absolute Gasteiger partial charge is 0.306 e. The summed E-state index contributed by atoms with van der Waals surface area (Å²) >= 11 is 0. The van der Waals surface area contributed by atoms with Crippen molar-refractivity contribution in [3.8, 4) is 0 Å². The predicted octanol–water partition coefficient (Wildman–Crippen LogP) is 11.2. The fourth-order valence-electron chi connectivity index (χ4n) is 8.39. The number of likely N-dealkylation sites (N-methyl/N-ethyl adjacent to an activating group) is 1. The van der Waals surface area contributed by atoms with Gasteiger partial charge in [-0.25, -0.2) is 0 Å². The number of hydrogen-bond acceptors (Lipinski definition) is 11. The monoisotopic (exact) mass is 944 g/mol. The van der Waals surface area contributed by atoms with E-state index in [0.717, 1.165) is 64.2 Å². The molecular weight excluding hydrogens is 846 g/mol. The number of esters is 2. The Morgan fingerprint density at radius 2 is 1.18 bits per heavy atom. The summed E-state index contributed by atoms with van der Waals surface area (Å²) in [6.45, 7) is 3.91. The molecule has 65 heavy (non-hydrogen) atoms. The number of carbonyl (C=O) groups excluding carboxylic acids is 2. The first kappa shape index (κ1) is 61.4. The lowest BCUT2D eigenvalue weighted by atomic mass is 9.88. The van der Waals surface area contributed by atoms with E-state index in [1.165, 1.54) is 96.3 Å². The molecule has 0 radical (unpaired) electrons. The number of phosphoric ester groups is 1. The van der Waals surface area contributed by atoms with Gasteiger partial charge >= 0.3 is 11.9 Å². The molecule has 1 rings (SSSR count). The van der Waals surface area contributed by atoms with E-state index in [1.54, 1.807) is 6.08 Å². The van der Waals surface area contributed by atoms with Gasteiger partial charge in [0.15, 0.2) is 6.10 Å². The van der Waals surface area contributed by atoms with Crippen LogP contribution in [0.25, 0.3) is 0 Å². The minimum absolute atomic E-state index is 0.0682. The van der Waals surface area contributed by atoms with Gasteiger partial charge in [-0.3, -0.25) is 14.2 Å². The van der Waals surface area contributed by atoms with Gasteiger partial charge in [0.25, 0.3) is 7.82 Å². The van der Waals surface area contributed by atoms with Gasteiger partial charge in [0.2, 0.25) is 0 Å². The third-order valence-corrected chi connectivity index (χ3v) is 13.5. The molecule has 0 aromatic carbocycles. The van der Waals surface area contributed by atoms with Crippen LogP contribution in [0.5, 0.6) is 0 Å². The Bertz CT molecular complexity index is 1270. The highest BCUT2D eigenvalue weighted by atomic mass is 31.2. The Morgan fingerprint density at radius 3 is 1.75 bits per heavy atom. The van der Waals surface area contributed by atoms with Crippen molar-refractivity contribution in [3.63, 3.8) is 0 Å². The highest BCUT2D eigenvalue weighted by Crippen LogP contribution is 2.39. The number of phosphoric acid groups is 1. The number of ether oxygens (including phenoxy) is 2. The van der Waals surface area contributed by atoms with Gasteiger partial charge in [-0.15, -0.1) is 0 Å². The van der Waals surface area contributed by atoms with Crippen LogP contribution in [0.15, 0.2) is 24.3 Å². The van der Waals surface area contributed by atoms with E-state index in [4.69, 9.17) is 18.5 Å². The number of quaternary nitrogens is 1. The SMILES string of the molecule is CCCCCCCC/C=C\CCCCCCCCCCCCCC(=O)OC[C@H](COP(=O)([O-])OCC[N+](C)(C)C)OC(=O)CCCCCC[C@@H]1[C@@H](/C=C/[C@@H](O)CCCCC)[C@H](O)C[C@@H]1O. The molecule has 0 amide bonds. The number of aliphatic hydroxyl groups excluding tert-OH is 3. The van der Waals surface area contributed by atoms with Crippen molar-refractivity contribution in [1.29, 1.82) is 0 Å². The van der Waals surface area contributed by atoms with Crippen LogP contribution in [0.3, 0.4) is 0 Å². The fourth-order valence-corrected chi connectivity index (χ4v) is 9.12. The fraction of sp³-hybridized carbons (Fsp3) is 0.885. The Kier molecular flexibility index (Phi) is 37.1. The molecule has 1 saturated carbocycles. The van der Waals surface area contributed by atoms with E-state index in [9.17, 15) is 34.4 Å². The molecule has 0 aliphatic heterocycles. The van der Waals surface area contributed by atoms with E-state index in [1.807, 2.05) is 27.2 Å². The highest BCUT2D eigenvalue weighted by Gasteiger charge is 2.39. The van der Waals surface area contributed by atoms with Crippen molar-refractivity contribution in [2.45, 2.75) is 237 Å². The van der Waals surface area contributed by atoms with Crippen LogP contribution in [0.4, 0.5) is 0 Å². The van der Waals surface area contributed by atoms with Gasteiger partial charge in [-0.1, -0.05) is 167 Å². The summed E-state index contributed by atoms with van der Waals surface area (Å²) in [7, 11) is 1.04. The molecule has 1 aliphatic carbocycles. The lowest BCUT2D eigenvalue weighted by Gasteiger charge is -2.28. The first-order chi connectivity index (χ1) is 31.2. The van der Waals surface area contributed by atoms with Crippen molar-refractivity contribution < 1.29 is 57.4 Å². The third kappa shape index (κ3) is 36.1. The molecule has 0 saturated heterocycles. The van der Waals surface area contributed by atoms with Crippen LogP contribution in [-0.2, 0) is 32.7 Å². The van der Waals surface area contributed by atoms with E-state index in [2.05, 4.69) is 26.0 Å². The Morgan fingerprint density at radius 1 is 0.677 bits per heavy atom. The first-order valence-corrected chi connectivity index (χ1v) is 27.8. The Balaban J connectivity index is 2.36. The maximum atomic E-state index is 12.9. The Hall–Kier alpha value is -1.63. The van der Waals surface area contributed by atoms with Crippen LogP contribution in [0.2, 0.25) is 0 Å². The molecule has 1 fully saturated rings. The molecule has 0 bridgehead atoms. The molecule has 0 spiro atoms. The lowest BCUT2D eigenvalue weighted by Crippen LogP contribution is -2.37. The van der Waals surface area contributed by atoms with Crippen molar-refractivity contribution in [1.82, 2.24) is 0 Å². The minimum Gasteiger partial charge on any atom is -0.756 e. The van der Waals surface area contributed by atoms with Gasteiger partial charge in [0, 0.05) is 25.2 Å². The first-order valence-electron chi connectivity index (χ1n) is 26.3. The topological polar surface area (TPSA) is 172 Å². The third-order valence-electron chi connectivity index (χ3n) is 12.5. The van der Waals surface area contributed by atoms with Crippen molar-refractivity contribution in [2.75, 3.05) is 47.5 Å². The molecule has 12 nitrogen and oxygen atoms in total. The van der Waals surface area contributed by atoms with Gasteiger partial charge < -0.3 is 43.2 Å². The summed E-state index contributed by atoms with van der Waals surface area (Å²) in [6.07, 6.45) is 36.9. The summed E-state index contributed by atoms with van der Waals surface area (Å²) in [6, 6.07) is 0. The highest BCUT2D eigenvalue weighted by molar-refractivity contribution is 7.45. The minimum atomic E-state index is -4.69. The molecule has 0 heterocycles. The molecule has 0 aromatic rings. The molecule has 0 aromatic heterocycles. The zero-order valence-corrected chi connectivity index (χ0v) is 42.9. The normalized spacial score (nSPS) is 19.8. The second-order valence-corrected chi connectivity index (χ2v) is 21.3. The van der Waals surface area contributed by atoms with Gasteiger partial charge in [-0.2, -0.15) is 0 Å². The number of nitrogens with zero attached hydrogens (tertiary/aromatic N) is 1. The maximum Gasteiger partial charge on any atom is 0.306 e. The number of hydrogen-bond donors (Lipinski definition) is 3. The van der Waals surface area contributed by atoms with Crippen LogP contribution in [0.1, 0.15) is 213 Å². The molecule has 1 unspecified atom stereocenters. The summed E-state index contributed by atoms with van der Waals surface area (Å²) in [4.78, 5) is 38.0. The van der Waals surface area contributed by atoms with Gasteiger partial charge in [-0.05, 0) is 57.3 Å². The second kappa shape index (κ2) is 39.2. The van der Waals surface area contributed by atoms with E-state index >= 15 is 0 Å². The summed E-state index contributed by atoms with van der Waals surface area (Å²) in [5, 5.41) is 31.5. The van der Waals surface area contributed by atoms with Crippen LogP contribution >= 0.6 is 7.82 Å². The van der Waals surface area contributed by atoms with Crippen LogP contribution in [-0.4, -0.2) is 104 Å². The molecule has 13 heteroatoms. The number of unbranched alkanes of at least 4 members (excludes halogenated alkanes) is 22. The average molecular weight is 944 g/mol. The molecular formula is C52H98NO11P. The Labute approximate surface area is 396 Å². The van der Waals surface area contributed by atoms with E-state index in [-0.39, 0.29) is 37.9 Å². The van der Waals surface area contributed by atoms with Crippen LogP contribution in [0, 0.1) is 11.8 Å². The van der Waals surface area contributed by atoms with Crippen molar-refractivity contribution >= 4 is 19.8 Å². The lowest BCUT2D eigenvalue weighted by molar-refractivity contribution is -0.870. The van der Waals surface area contributed by atoms with Gasteiger partial charge in [0.1, 0.15) is 19.8 Å². The molecule has 7 atom stereocenters. The van der Waals surface area contributed by atoms with E-state index in [0.29, 0.717) is 36.7 Å². The van der Waals surface area contributed by atoms with Gasteiger partial charge in [0.05, 0.1) is 46.1 Å². The number of aliphatic hydroxyl groups is 3. The number of carbonyl (C=O) groups is 2. The standard InChI is InChI=1S/C52H98NO11P/c1-6-8-10-11-12-13-14-15-16-17-18-19-20-21-22-23-24-25-26-27-32-36-51(57)61-43-46(44-63-65(59,60)62-41-40-53(3,4)5)64-52(58)37-33-29-28-31-35-47-48(50(56)42-49(47)55)39-38-45(54)34-30-9-7-2/h15-16,38-39,45-50,54-56H,6-14,17-37,40-44H2,1-5H3/b16-15-,39-38+/t45-,46+,47+,48+,49-,50+/m0/s1. The summed E-state index contributed by atoms with van der Waals surface area (Å²) in [5.74, 6) is -1.27. The maximum absolute atomic E-state index is 12.9. The average Bonchev–Trinajstić information content (AvgIpc) is 3.52. The molecule has 3 N–H and O–H groups in total. The largest absolute Gasteiger partial charge is 0.756 e. The summed E-state index contributed by atoms with van der Waals surface area (Å²) < 4.78 is 34.0. The second-order valence-electron chi connectivity index (χ2n) is 19.9. The quantitative estimate of drug-likeness (QED) is 0.0174. The molecule has 382 valence electrons. The van der Waals surface area contributed by atoms with E-state index < -0.39 is 50.8 Å². The van der Waals surface area contributed by atoms with Crippen molar-refractivity contribution in [3.05, 3.63) is 24.3 Å². The van der Waals surface area contributed by atoms with Crippen LogP contribution < -0.4 is 4.89 Å².